The summed E-state index contributed by atoms with van der Waals surface area (Å²) in [5.41, 5.74) is 2.70. The Kier molecular flexibility index (Phi) is 2.76. The first-order chi connectivity index (χ1) is 9.13. The van der Waals surface area contributed by atoms with Crippen LogP contribution in [0.5, 0.6) is 0 Å². The van der Waals surface area contributed by atoms with Crippen molar-refractivity contribution in [3.63, 3.8) is 0 Å². The number of benzene rings is 1. The molecular weight excluding hydrogens is 266 g/mol. The Hall–Kier alpha value is -2.27. The minimum absolute atomic E-state index is 0.0796. The zero-order valence-electron chi connectivity index (χ0n) is 10.0. The molecule has 0 spiro atoms. The number of halogens is 1. The number of aryl methyl sites for hydroxylation is 1. The second kappa shape index (κ2) is 4.44. The largest absolute Gasteiger partial charge is 0.452 e. The number of furan rings is 1. The van der Waals surface area contributed by atoms with Crippen molar-refractivity contribution in [1.82, 2.24) is 9.97 Å². The lowest BCUT2D eigenvalue weighted by molar-refractivity contribution is 0.102. The fourth-order valence-corrected chi connectivity index (χ4v) is 2.07. The van der Waals surface area contributed by atoms with E-state index in [0.717, 1.165) is 16.9 Å². The second-order valence-corrected chi connectivity index (χ2v) is 4.46. The quantitative estimate of drug-likeness (QED) is 0.753. The number of carbonyl (C=O) groups is 1. The topological polar surface area (TPSA) is 70.9 Å². The van der Waals surface area contributed by atoms with E-state index < -0.39 is 0 Å². The average molecular weight is 276 g/mol. The van der Waals surface area contributed by atoms with Crippen molar-refractivity contribution < 1.29 is 9.21 Å². The molecule has 2 aromatic heterocycles. The molecule has 0 radical (unpaired) electrons. The molecule has 0 aliphatic rings. The summed E-state index contributed by atoms with van der Waals surface area (Å²) >= 11 is 5.76. The Morgan fingerprint density at radius 1 is 1.42 bits per heavy atom. The summed E-state index contributed by atoms with van der Waals surface area (Å²) in [7, 11) is 0. The molecular formula is C13H10ClN3O2. The molecule has 0 bridgehead atoms. The van der Waals surface area contributed by atoms with Gasteiger partial charge in [0.1, 0.15) is 5.82 Å². The molecule has 0 fully saturated rings. The number of aromatic amines is 1. The Morgan fingerprint density at radius 3 is 3.00 bits per heavy atom. The maximum absolute atomic E-state index is 12.0. The van der Waals surface area contributed by atoms with Gasteiger partial charge >= 0.3 is 0 Å². The van der Waals surface area contributed by atoms with Gasteiger partial charge < -0.3 is 14.7 Å². The number of fused-ring (bicyclic) bond motifs is 1. The molecule has 2 N–H and O–H groups in total. The Bertz CT molecular complexity index is 760. The fourth-order valence-electron chi connectivity index (χ4n) is 1.87. The first-order valence-corrected chi connectivity index (χ1v) is 6.02. The van der Waals surface area contributed by atoms with Crippen LogP contribution in [0.2, 0.25) is 5.22 Å². The number of amides is 1. The predicted octanol–water partition coefficient (Wildman–Crippen LogP) is 3.37. The second-order valence-electron chi connectivity index (χ2n) is 4.12. The number of nitrogens with one attached hydrogen (secondary N) is 2. The Balaban J connectivity index is 1.89. The molecule has 0 aliphatic carbocycles. The number of H-pyrrole nitrogens is 1. The van der Waals surface area contributed by atoms with Crippen LogP contribution >= 0.6 is 11.6 Å². The van der Waals surface area contributed by atoms with E-state index in [2.05, 4.69) is 15.3 Å². The van der Waals surface area contributed by atoms with Crippen LogP contribution in [0, 0.1) is 6.92 Å². The van der Waals surface area contributed by atoms with E-state index in [0.29, 0.717) is 11.3 Å². The van der Waals surface area contributed by atoms with Gasteiger partial charge in [-0.1, -0.05) is 0 Å². The molecule has 6 heteroatoms. The van der Waals surface area contributed by atoms with Crippen LogP contribution < -0.4 is 5.32 Å². The number of hydrogen-bond donors (Lipinski definition) is 2. The lowest BCUT2D eigenvalue weighted by Gasteiger charge is -2.03. The number of anilines is 1. The highest BCUT2D eigenvalue weighted by atomic mass is 35.5. The molecule has 0 unspecified atom stereocenters. The summed E-state index contributed by atoms with van der Waals surface area (Å²) < 4.78 is 4.89. The zero-order valence-corrected chi connectivity index (χ0v) is 10.8. The van der Waals surface area contributed by atoms with Crippen molar-refractivity contribution in [2.24, 2.45) is 0 Å². The molecule has 2 heterocycles. The van der Waals surface area contributed by atoms with Gasteiger partial charge in [0.2, 0.25) is 5.22 Å². The molecule has 96 valence electrons. The maximum Gasteiger partial charge on any atom is 0.260 e. The maximum atomic E-state index is 12.0. The van der Waals surface area contributed by atoms with E-state index in [-0.39, 0.29) is 11.1 Å². The molecule has 3 rings (SSSR count). The van der Waals surface area contributed by atoms with E-state index in [4.69, 9.17) is 16.0 Å². The molecule has 1 amide bonds. The summed E-state index contributed by atoms with van der Waals surface area (Å²) in [5, 5.41) is 2.83. The summed E-state index contributed by atoms with van der Waals surface area (Å²) in [5.74, 6) is 0.519. The standard InChI is InChI=1S/C13H10ClN3O2/c1-7-15-10-3-2-8(6-11(10)16-7)17-13(18)9-4-5-19-12(9)14/h2-6H,1H3,(H,15,16)(H,17,18). The number of carbonyl (C=O) groups excluding carboxylic acids is 1. The SMILES string of the molecule is Cc1nc2ccc(NC(=O)c3ccoc3Cl)cc2[nH]1. The van der Waals surface area contributed by atoms with Gasteiger partial charge in [0, 0.05) is 5.69 Å². The first-order valence-electron chi connectivity index (χ1n) is 5.64. The summed E-state index contributed by atoms with van der Waals surface area (Å²) in [6, 6.07) is 6.97. The number of aromatic nitrogens is 2. The minimum Gasteiger partial charge on any atom is -0.452 e. The lowest BCUT2D eigenvalue weighted by atomic mass is 10.2. The third-order valence-corrected chi connectivity index (χ3v) is 3.01. The lowest BCUT2D eigenvalue weighted by Crippen LogP contribution is -2.11. The van der Waals surface area contributed by atoms with Gasteiger partial charge in [-0.05, 0) is 42.8 Å². The zero-order chi connectivity index (χ0) is 13.4. The third-order valence-electron chi connectivity index (χ3n) is 2.72. The van der Waals surface area contributed by atoms with Gasteiger partial charge in [0.25, 0.3) is 5.91 Å². The van der Waals surface area contributed by atoms with Crippen molar-refractivity contribution >= 4 is 34.2 Å². The first kappa shape index (κ1) is 11.8. The molecule has 3 aromatic rings. The number of rotatable bonds is 2. The van der Waals surface area contributed by atoms with Crippen molar-refractivity contribution in [2.75, 3.05) is 5.32 Å². The van der Waals surface area contributed by atoms with Crippen LogP contribution in [-0.2, 0) is 0 Å². The van der Waals surface area contributed by atoms with E-state index in [1.54, 1.807) is 6.07 Å². The van der Waals surface area contributed by atoms with E-state index in [1.807, 2.05) is 19.1 Å². The molecule has 1 aromatic carbocycles. The van der Waals surface area contributed by atoms with E-state index in [1.165, 1.54) is 12.3 Å². The van der Waals surface area contributed by atoms with Crippen LogP contribution in [0.3, 0.4) is 0 Å². The molecule has 0 saturated carbocycles. The number of nitrogens with zero attached hydrogens (tertiary/aromatic N) is 1. The van der Waals surface area contributed by atoms with E-state index >= 15 is 0 Å². The number of hydrogen-bond acceptors (Lipinski definition) is 3. The molecule has 0 atom stereocenters. The monoisotopic (exact) mass is 275 g/mol. The minimum atomic E-state index is -0.311. The predicted molar refractivity (Wildman–Crippen MR) is 72.5 cm³/mol. The van der Waals surface area contributed by atoms with Crippen molar-refractivity contribution in [3.05, 3.63) is 47.1 Å². The van der Waals surface area contributed by atoms with Gasteiger partial charge in [-0.25, -0.2) is 4.98 Å². The van der Waals surface area contributed by atoms with Crippen LogP contribution in [0.25, 0.3) is 11.0 Å². The normalized spacial score (nSPS) is 10.8. The van der Waals surface area contributed by atoms with Crippen LogP contribution in [0.4, 0.5) is 5.69 Å². The summed E-state index contributed by atoms with van der Waals surface area (Å²) in [6.07, 6.45) is 1.37. The van der Waals surface area contributed by atoms with E-state index in [9.17, 15) is 4.79 Å². The number of imidazole rings is 1. The third kappa shape index (κ3) is 2.20. The van der Waals surface area contributed by atoms with Crippen molar-refractivity contribution in [1.29, 1.82) is 0 Å². The van der Waals surface area contributed by atoms with Crippen LogP contribution in [0.1, 0.15) is 16.2 Å². The van der Waals surface area contributed by atoms with Gasteiger partial charge in [0.15, 0.2) is 0 Å². The highest BCUT2D eigenvalue weighted by molar-refractivity contribution is 6.32. The smallest absolute Gasteiger partial charge is 0.260 e. The Labute approximate surface area is 113 Å². The van der Waals surface area contributed by atoms with Gasteiger partial charge in [-0.2, -0.15) is 0 Å². The average Bonchev–Trinajstić information content (AvgIpc) is 2.93. The summed E-state index contributed by atoms with van der Waals surface area (Å²) in [6.45, 7) is 1.88. The Morgan fingerprint density at radius 2 is 2.26 bits per heavy atom. The highest BCUT2D eigenvalue weighted by Crippen LogP contribution is 2.20. The van der Waals surface area contributed by atoms with Crippen molar-refractivity contribution in [3.8, 4) is 0 Å². The molecule has 19 heavy (non-hydrogen) atoms. The fraction of sp³-hybridized carbons (Fsp3) is 0.0769. The van der Waals surface area contributed by atoms with Gasteiger partial charge in [-0.15, -0.1) is 0 Å². The molecule has 5 nitrogen and oxygen atoms in total. The van der Waals surface area contributed by atoms with Gasteiger partial charge in [0.05, 0.1) is 22.9 Å². The van der Waals surface area contributed by atoms with Crippen LogP contribution in [0.15, 0.2) is 34.9 Å². The van der Waals surface area contributed by atoms with Crippen LogP contribution in [-0.4, -0.2) is 15.9 Å². The van der Waals surface area contributed by atoms with Crippen molar-refractivity contribution in [2.45, 2.75) is 6.92 Å². The summed E-state index contributed by atoms with van der Waals surface area (Å²) in [4.78, 5) is 19.4. The highest BCUT2D eigenvalue weighted by Gasteiger charge is 2.13. The molecule has 0 aliphatic heterocycles. The molecule has 0 saturated heterocycles. The van der Waals surface area contributed by atoms with Gasteiger partial charge in [-0.3, -0.25) is 4.79 Å².